The van der Waals surface area contributed by atoms with Gasteiger partial charge in [0, 0.05) is 27.8 Å². The van der Waals surface area contributed by atoms with Gasteiger partial charge in [-0.15, -0.1) is 20.4 Å². The second kappa shape index (κ2) is 7.68. The van der Waals surface area contributed by atoms with Gasteiger partial charge in [0.15, 0.2) is 11.6 Å². The number of aryl methyl sites for hydroxylation is 1. The van der Waals surface area contributed by atoms with Crippen molar-refractivity contribution in [2.75, 3.05) is 11.9 Å². The van der Waals surface area contributed by atoms with Crippen molar-refractivity contribution < 1.29 is 13.6 Å². The summed E-state index contributed by atoms with van der Waals surface area (Å²) in [7, 11) is 1.81. The maximum Gasteiger partial charge on any atom is 0.205 e. The molecule has 2 N–H and O–H groups in total. The molecule has 3 aromatic rings. The number of alkyl halides is 1. The minimum Gasteiger partial charge on any atom is -0.507 e. The lowest BCUT2D eigenvalue weighted by atomic mass is 9.68. The quantitative estimate of drug-likeness (QED) is 0.609. The average Bonchev–Trinajstić information content (AvgIpc) is 3.32. The van der Waals surface area contributed by atoms with Crippen molar-refractivity contribution in [3.05, 3.63) is 24.4 Å². The van der Waals surface area contributed by atoms with Gasteiger partial charge in [-0.05, 0) is 56.9 Å². The Bertz CT molecular complexity index is 1270. The fourth-order valence-electron chi connectivity index (χ4n) is 5.26. The maximum atomic E-state index is 15.6. The highest BCUT2D eigenvalue weighted by atomic mass is 19.1. The molecular weight excluding hydrogens is 425 g/mol. The molecule has 2 aliphatic rings. The molecule has 0 spiro atoms. The molecule has 2 fully saturated rings. The normalized spacial score (nSPS) is 30.8. The van der Waals surface area contributed by atoms with Crippen molar-refractivity contribution in [2.24, 2.45) is 6.98 Å². The van der Waals surface area contributed by atoms with Crippen LogP contribution in [0.5, 0.6) is 5.75 Å². The Morgan fingerprint density at radius 3 is 2.79 bits per heavy atom. The molecule has 0 saturated carbocycles. The topological polar surface area (TPSA) is 118 Å². The first-order chi connectivity index (χ1) is 16.9. The number of aromatic hydroxyl groups is 1. The van der Waals surface area contributed by atoms with Gasteiger partial charge in [-0.1, -0.05) is 6.07 Å². The summed E-state index contributed by atoms with van der Waals surface area (Å²) in [6.45, 7) is 1.55. The maximum absolute atomic E-state index is 15.6. The molecule has 2 aliphatic heterocycles. The Morgan fingerprint density at radius 2 is 2.09 bits per heavy atom. The Morgan fingerprint density at radius 1 is 1.24 bits per heavy atom. The zero-order valence-corrected chi connectivity index (χ0v) is 18.7. The highest BCUT2D eigenvalue weighted by molar-refractivity contribution is 5.69. The molecule has 2 aromatic heterocycles. The van der Waals surface area contributed by atoms with E-state index < -0.39 is 18.7 Å². The van der Waals surface area contributed by atoms with Gasteiger partial charge in [-0.25, -0.2) is 9.37 Å². The first kappa shape index (κ1) is 18.2. The number of fused-ring (bicyclic) bond motifs is 2. The fraction of sp³-hybridized carbons (Fsp3) is 0.545. The SMILES string of the molecule is [2H]C([2H])([2H])n1nnc(-c2ccc(-c3ncc(N(C)[C@@H]4C[C@@]5(C)CCC[C@](C)(N5)[C@@H]4F)nn3)c(O)c2)n1. The predicted molar refractivity (Wildman–Crippen MR) is 120 cm³/mol. The molecule has 1 aromatic carbocycles. The number of phenolic OH excluding ortho intramolecular Hbond substituents is 1. The number of tetrazole rings is 1. The van der Waals surface area contributed by atoms with Crippen LogP contribution in [-0.2, 0) is 6.98 Å². The molecule has 174 valence electrons. The van der Waals surface area contributed by atoms with E-state index in [-0.39, 0.29) is 29.0 Å². The van der Waals surface area contributed by atoms with Crippen molar-refractivity contribution in [3.8, 4) is 28.5 Å². The van der Waals surface area contributed by atoms with E-state index in [2.05, 4.69) is 42.8 Å². The second-order valence-corrected chi connectivity index (χ2v) is 9.52. The molecule has 4 atom stereocenters. The first-order valence-corrected chi connectivity index (χ1v) is 10.9. The number of anilines is 1. The third-order valence-electron chi connectivity index (χ3n) is 6.94. The van der Waals surface area contributed by atoms with Gasteiger partial charge in [-0.2, -0.15) is 4.80 Å². The van der Waals surface area contributed by atoms with Gasteiger partial charge < -0.3 is 15.3 Å². The number of phenols is 1. The lowest BCUT2D eigenvalue weighted by Gasteiger charge is -2.56. The van der Waals surface area contributed by atoms with E-state index in [1.807, 2.05) is 14.0 Å². The van der Waals surface area contributed by atoms with Crippen LogP contribution in [0.15, 0.2) is 24.4 Å². The highest BCUT2D eigenvalue weighted by Crippen LogP contribution is 2.43. The standard InChI is InChI=1S/C22H28FN9O/c1-21-8-5-9-22(2,29-21)18(23)15(11-21)31(3)17-12-24-20(26-25-17)14-7-6-13(10-16(14)33)19-27-30-32(4)28-19/h6-7,10,12,15,18,29,33H,5,8-9,11H2,1-4H3/t15-,18-,21-,22+/m1/s1/i4D3. The van der Waals surface area contributed by atoms with E-state index in [1.54, 1.807) is 17.0 Å². The van der Waals surface area contributed by atoms with E-state index in [0.717, 1.165) is 19.3 Å². The van der Waals surface area contributed by atoms with Crippen LogP contribution in [0.1, 0.15) is 43.6 Å². The van der Waals surface area contributed by atoms with Crippen molar-refractivity contribution >= 4 is 5.82 Å². The summed E-state index contributed by atoms with van der Waals surface area (Å²) < 4.78 is 37.6. The molecule has 0 unspecified atom stereocenters. The summed E-state index contributed by atoms with van der Waals surface area (Å²) in [6, 6.07) is 4.17. The van der Waals surface area contributed by atoms with Crippen molar-refractivity contribution in [1.82, 2.24) is 40.7 Å². The highest BCUT2D eigenvalue weighted by Gasteiger charge is 2.53. The van der Waals surface area contributed by atoms with Crippen LogP contribution in [-0.4, -0.2) is 70.8 Å². The van der Waals surface area contributed by atoms with Crippen LogP contribution in [0.25, 0.3) is 22.8 Å². The van der Waals surface area contributed by atoms with Crippen molar-refractivity contribution in [1.29, 1.82) is 0 Å². The van der Waals surface area contributed by atoms with E-state index in [0.29, 0.717) is 28.2 Å². The fourth-order valence-corrected chi connectivity index (χ4v) is 5.26. The number of hydrogen-bond donors (Lipinski definition) is 2. The predicted octanol–water partition coefficient (Wildman–Crippen LogP) is 2.27. The molecule has 0 aliphatic carbocycles. The largest absolute Gasteiger partial charge is 0.507 e. The zero-order chi connectivity index (χ0) is 25.9. The van der Waals surface area contributed by atoms with Crippen molar-refractivity contribution in [2.45, 2.75) is 62.8 Å². The molecule has 0 radical (unpaired) electrons. The Kier molecular flexibility index (Phi) is 4.25. The van der Waals surface area contributed by atoms with Crippen LogP contribution in [0.2, 0.25) is 0 Å². The van der Waals surface area contributed by atoms with Crippen LogP contribution in [0, 0.1) is 0 Å². The molecule has 2 bridgehead atoms. The summed E-state index contributed by atoms with van der Waals surface area (Å²) in [5.41, 5.74) is -0.0126. The van der Waals surface area contributed by atoms with Gasteiger partial charge in [0.05, 0.1) is 24.8 Å². The van der Waals surface area contributed by atoms with Gasteiger partial charge in [-0.3, -0.25) is 0 Å². The third kappa shape index (κ3) is 3.79. The van der Waals surface area contributed by atoms with Crippen LogP contribution >= 0.6 is 0 Å². The lowest BCUT2D eigenvalue weighted by molar-refractivity contribution is 0.00193. The third-order valence-corrected chi connectivity index (χ3v) is 6.94. The smallest absolute Gasteiger partial charge is 0.205 e. The van der Waals surface area contributed by atoms with E-state index in [9.17, 15) is 5.11 Å². The Hall–Kier alpha value is -3.21. The minimum absolute atomic E-state index is 0.0545. The van der Waals surface area contributed by atoms with Crippen LogP contribution in [0.3, 0.4) is 0 Å². The van der Waals surface area contributed by atoms with E-state index >= 15 is 4.39 Å². The number of aromatic nitrogens is 7. The summed E-state index contributed by atoms with van der Waals surface area (Å²) >= 11 is 0. The summed E-state index contributed by atoms with van der Waals surface area (Å²) in [5.74, 6) is 0.531. The van der Waals surface area contributed by atoms with Gasteiger partial charge in [0.1, 0.15) is 11.9 Å². The molecule has 0 amide bonds. The molecule has 33 heavy (non-hydrogen) atoms. The Labute approximate surface area is 195 Å². The van der Waals surface area contributed by atoms with Gasteiger partial charge >= 0.3 is 0 Å². The number of halogens is 1. The van der Waals surface area contributed by atoms with Crippen molar-refractivity contribution in [3.63, 3.8) is 0 Å². The summed E-state index contributed by atoms with van der Waals surface area (Å²) in [6.07, 6.45) is 3.88. The molecular formula is C22H28FN9O. The summed E-state index contributed by atoms with van der Waals surface area (Å²) in [4.78, 5) is 6.70. The van der Waals surface area contributed by atoms with Crippen LogP contribution < -0.4 is 10.2 Å². The number of rotatable bonds is 4. The number of hydrogen-bond acceptors (Lipinski definition) is 9. The molecule has 4 heterocycles. The Balaban J connectivity index is 1.36. The molecule has 10 nitrogen and oxygen atoms in total. The number of piperidine rings is 2. The van der Waals surface area contributed by atoms with Gasteiger partial charge in [0.2, 0.25) is 5.82 Å². The molecule has 5 rings (SSSR count). The van der Waals surface area contributed by atoms with E-state index in [4.69, 9.17) is 4.11 Å². The minimum atomic E-state index is -2.55. The van der Waals surface area contributed by atoms with Gasteiger partial charge in [0.25, 0.3) is 0 Å². The number of nitrogens with one attached hydrogen (secondary N) is 1. The zero-order valence-electron chi connectivity index (χ0n) is 21.7. The number of nitrogens with zero attached hydrogens (tertiary/aromatic N) is 8. The summed E-state index contributed by atoms with van der Waals surface area (Å²) in [5, 5.41) is 33.7. The second-order valence-electron chi connectivity index (χ2n) is 9.52. The lowest BCUT2D eigenvalue weighted by Crippen LogP contribution is -2.72. The molecule has 2 saturated heterocycles. The van der Waals surface area contributed by atoms with Crippen LogP contribution in [0.4, 0.5) is 10.2 Å². The number of benzene rings is 1. The molecule has 11 heteroatoms. The first-order valence-electron chi connectivity index (χ1n) is 12.4. The monoisotopic (exact) mass is 456 g/mol. The average molecular weight is 457 g/mol. The van der Waals surface area contributed by atoms with E-state index in [1.165, 1.54) is 12.3 Å².